The van der Waals surface area contributed by atoms with E-state index in [0.29, 0.717) is 9.33 Å². The quantitative estimate of drug-likeness (QED) is 0.204. The first-order valence-corrected chi connectivity index (χ1v) is 13.3. The molecule has 39 heavy (non-hydrogen) atoms. The van der Waals surface area contributed by atoms with Gasteiger partial charge in [0.1, 0.15) is 5.75 Å². The SMILES string of the molecule is CC1(c2cc(NCC(=O)N3CCN(S(=O)(=O)c4c(F)c(F)c(F)c(F)c4OC(F)F)CC3)c(O)cc2Cl)CC1. The number of hydrogen-bond donors (Lipinski definition) is 2. The van der Waals surface area contributed by atoms with Crippen molar-refractivity contribution in [3.05, 3.63) is 46.0 Å². The number of phenolic OH excluding ortho intramolecular Hbond substituents is 1. The lowest BCUT2D eigenvalue weighted by Gasteiger charge is -2.34. The summed E-state index contributed by atoms with van der Waals surface area (Å²) in [4.78, 5) is 12.0. The lowest BCUT2D eigenvalue weighted by molar-refractivity contribution is -0.130. The molecule has 0 spiro atoms. The van der Waals surface area contributed by atoms with Gasteiger partial charge >= 0.3 is 6.61 Å². The predicted octanol–water partition coefficient (Wildman–Crippen LogP) is 4.20. The Morgan fingerprint density at radius 2 is 1.67 bits per heavy atom. The predicted molar refractivity (Wildman–Crippen MR) is 126 cm³/mol. The second-order valence-electron chi connectivity index (χ2n) is 9.34. The van der Waals surface area contributed by atoms with Crippen molar-refractivity contribution in [1.82, 2.24) is 9.21 Å². The van der Waals surface area contributed by atoms with E-state index in [1.54, 1.807) is 6.07 Å². The van der Waals surface area contributed by atoms with Gasteiger partial charge in [-0.05, 0) is 29.9 Å². The fourth-order valence-electron chi connectivity index (χ4n) is 4.23. The second-order valence-corrected chi connectivity index (χ2v) is 11.6. The minimum atomic E-state index is -5.20. The Morgan fingerprint density at radius 3 is 2.23 bits per heavy atom. The van der Waals surface area contributed by atoms with Gasteiger partial charge in [0.2, 0.25) is 27.6 Å². The second kappa shape index (κ2) is 10.6. The monoisotopic (exact) mass is 601 g/mol. The topological polar surface area (TPSA) is 99.2 Å². The zero-order chi connectivity index (χ0) is 28.9. The fourth-order valence-corrected chi connectivity index (χ4v) is 6.21. The van der Waals surface area contributed by atoms with Crippen LogP contribution in [-0.4, -0.2) is 68.0 Å². The molecule has 0 radical (unpaired) electrons. The summed E-state index contributed by atoms with van der Waals surface area (Å²) in [6, 6.07) is 3.01. The molecular formula is C23H22ClF6N3O5S. The Hall–Kier alpha value is -2.91. The molecule has 16 heteroatoms. The molecule has 2 N–H and O–H groups in total. The number of nitrogens with zero attached hydrogens (tertiary/aromatic N) is 2. The molecule has 1 aliphatic carbocycles. The van der Waals surface area contributed by atoms with Gasteiger partial charge in [0.25, 0.3) is 0 Å². The number of ether oxygens (including phenoxy) is 1. The van der Waals surface area contributed by atoms with Crippen LogP contribution in [0.3, 0.4) is 0 Å². The lowest BCUT2D eigenvalue weighted by atomic mass is 9.97. The summed E-state index contributed by atoms with van der Waals surface area (Å²) >= 11 is 6.23. The molecule has 1 aliphatic heterocycles. The van der Waals surface area contributed by atoms with Gasteiger partial charge in [-0.1, -0.05) is 18.5 Å². The fraction of sp³-hybridized carbons (Fsp3) is 0.435. The number of phenols is 1. The molecule has 8 nitrogen and oxygen atoms in total. The Morgan fingerprint density at radius 1 is 1.08 bits per heavy atom. The van der Waals surface area contributed by atoms with Gasteiger partial charge in [0.15, 0.2) is 22.3 Å². The number of amides is 1. The molecule has 1 saturated heterocycles. The maximum absolute atomic E-state index is 14.4. The number of aromatic hydroxyl groups is 1. The van der Waals surface area contributed by atoms with Crippen LogP contribution in [0.4, 0.5) is 32.0 Å². The van der Waals surface area contributed by atoms with Crippen molar-refractivity contribution in [2.75, 3.05) is 38.0 Å². The molecule has 2 fully saturated rings. The number of sulfonamides is 1. The maximum Gasteiger partial charge on any atom is 0.387 e. The average molecular weight is 602 g/mol. The number of piperazine rings is 1. The number of hydrogen-bond acceptors (Lipinski definition) is 6. The third kappa shape index (κ3) is 5.57. The van der Waals surface area contributed by atoms with E-state index in [1.165, 1.54) is 11.0 Å². The molecule has 4 rings (SSSR count). The Labute approximate surface area is 224 Å². The lowest BCUT2D eigenvalue weighted by Crippen LogP contribution is -2.51. The van der Waals surface area contributed by atoms with Crippen molar-refractivity contribution >= 4 is 33.2 Å². The van der Waals surface area contributed by atoms with Crippen molar-refractivity contribution in [2.24, 2.45) is 0 Å². The van der Waals surface area contributed by atoms with Gasteiger partial charge in [-0.3, -0.25) is 4.79 Å². The van der Waals surface area contributed by atoms with Crippen LogP contribution in [0.15, 0.2) is 17.0 Å². The number of nitrogens with one attached hydrogen (secondary N) is 1. The third-order valence-electron chi connectivity index (χ3n) is 6.74. The number of carbonyl (C=O) groups excluding carboxylic acids is 1. The summed E-state index contributed by atoms with van der Waals surface area (Å²) in [6.45, 7) is -3.68. The van der Waals surface area contributed by atoms with E-state index in [4.69, 9.17) is 11.6 Å². The number of alkyl halides is 2. The summed E-state index contributed by atoms with van der Waals surface area (Å²) < 4.78 is 111. The molecule has 0 aromatic heterocycles. The summed E-state index contributed by atoms with van der Waals surface area (Å²) in [6.07, 6.45) is 1.83. The van der Waals surface area contributed by atoms with E-state index in [2.05, 4.69) is 10.1 Å². The zero-order valence-corrected chi connectivity index (χ0v) is 21.8. The highest BCUT2D eigenvalue weighted by molar-refractivity contribution is 7.89. The minimum absolute atomic E-state index is 0.122. The highest BCUT2D eigenvalue weighted by Crippen LogP contribution is 2.51. The minimum Gasteiger partial charge on any atom is -0.506 e. The van der Waals surface area contributed by atoms with Gasteiger partial charge in [0.05, 0.1) is 12.2 Å². The molecule has 0 unspecified atom stereocenters. The van der Waals surface area contributed by atoms with Crippen molar-refractivity contribution in [2.45, 2.75) is 36.7 Å². The first-order chi connectivity index (χ1) is 18.2. The first kappa shape index (κ1) is 29.1. The summed E-state index contributed by atoms with van der Waals surface area (Å²) in [7, 11) is -5.20. The zero-order valence-electron chi connectivity index (χ0n) is 20.2. The van der Waals surface area contributed by atoms with E-state index in [-0.39, 0.29) is 36.5 Å². The first-order valence-electron chi connectivity index (χ1n) is 11.5. The molecule has 2 aliphatic rings. The van der Waals surface area contributed by atoms with Crippen LogP contribution in [0.5, 0.6) is 11.5 Å². The molecule has 0 atom stereocenters. The summed E-state index contributed by atoms with van der Waals surface area (Å²) in [5, 5.41) is 13.4. The molecule has 2 aromatic carbocycles. The molecule has 1 heterocycles. The number of carbonyl (C=O) groups is 1. The van der Waals surface area contributed by atoms with E-state index in [9.17, 15) is 44.7 Å². The molecular weight excluding hydrogens is 580 g/mol. The van der Waals surface area contributed by atoms with Crippen LogP contribution in [0.1, 0.15) is 25.3 Å². The van der Waals surface area contributed by atoms with Crippen LogP contribution >= 0.6 is 11.6 Å². The van der Waals surface area contributed by atoms with E-state index >= 15 is 0 Å². The van der Waals surface area contributed by atoms with Crippen LogP contribution in [0, 0.1) is 23.3 Å². The van der Waals surface area contributed by atoms with Gasteiger partial charge in [-0.25, -0.2) is 21.6 Å². The number of halogens is 7. The molecule has 1 saturated carbocycles. The summed E-state index contributed by atoms with van der Waals surface area (Å²) in [5.41, 5.74) is 0.953. The van der Waals surface area contributed by atoms with E-state index < -0.39 is 69.5 Å². The number of anilines is 1. The molecule has 1 amide bonds. The van der Waals surface area contributed by atoms with Crippen LogP contribution in [0.25, 0.3) is 0 Å². The molecule has 0 bridgehead atoms. The van der Waals surface area contributed by atoms with Gasteiger partial charge in [-0.15, -0.1) is 0 Å². The summed E-state index contributed by atoms with van der Waals surface area (Å²) in [5.74, 6) is -12.6. The number of rotatable bonds is 8. The van der Waals surface area contributed by atoms with Crippen LogP contribution in [0.2, 0.25) is 5.02 Å². The van der Waals surface area contributed by atoms with Crippen molar-refractivity contribution in [3.63, 3.8) is 0 Å². The Balaban J connectivity index is 1.46. The highest BCUT2D eigenvalue weighted by atomic mass is 35.5. The largest absolute Gasteiger partial charge is 0.506 e. The molecule has 214 valence electrons. The van der Waals surface area contributed by atoms with Crippen molar-refractivity contribution in [3.8, 4) is 11.5 Å². The maximum atomic E-state index is 14.4. The van der Waals surface area contributed by atoms with E-state index in [0.717, 1.165) is 18.4 Å². The standard InChI is InChI=1S/C23H22ClF6N3O5S/c1-23(2-3-23)11-8-13(14(34)9-12(11)24)31-10-15(35)32-4-6-33(7-5-32)39(36,37)21-19(28)17(26)16(25)18(27)20(21)38-22(29)30/h8-9,22,31,34H,2-7,10H2,1H3. The highest BCUT2D eigenvalue weighted by Gasteiger charge is 2.42. The smallest absolute Gasteiger partial charge is 0.387 e. The van der Waals surface area contributed by atoms with Crippen LogP contribution < -0.4 is 10.1 Å². The van der Waals surface area contributed by atoms with Crippen LogP contribution in [-0.2, 0) is 20.2 Å². The molecule has 2 aromatic rings. The Kier molecular flexibility index (Phi) is 7.89. The van der Waals surface area contributed by atoms with Gasteiger partial charge in [0, 0.05) is 37.3 Å². The van der Waals surface area contributed by atoms with Crippen molar-refractivity contribution in [1.29, 1.82) is 0 Å². The van der Waals surface area contributed by atoms with E-state index in [1.807, 2.05) is 6.92 Å². The number of benzene rings is 2. The average Bonchev–Trinajstić information content (AvgIpc) is 3.62. The van der Waals surface area contributed by atoms with Gasteiger partial charge in [-0.2, -0.15) is 17.5 Å². The third-order valence-corrected chi connectivity index (χ3v) is 8.98. The van der Waals surface area contributed by atoms with Crippen molar-refractivity contribution < 1.29 is 49.4 Å². The Bertz CT molecular complexity index is 1420. The van der Waals surface area contributed by atoms with Gasteiger partial charge < -0.3 is 20.1 Å². The normalized spacial score (nSPS) is 17.4.